The Kier molecular flexibility index (Phi) is 4.93. The molecule has 0 aliphatic rings. The van der Waals surface area contributed by atoms with Crippen LogP contribution in [-0.2, 0) is 9.53 Å². The second-order valence-electron chi connectivity index (χ2n) is 5.51. The van der Waals surface area contributed by atoms with Crippen molar-refractivity contribution >= 4 is 11.6 Å². The Morgan fingerprint density at radius 1 is 1.36 bits per heavy atom. The summed E-state index contributed by atoms with van der Waals surface area (Å²) in [6.45, 7) is 5.74. The van der Waals surface area contributed by atoms with Crippen LogP contribution in [0.25, 0.3) is 11.1 Å². The summed E-state index contributed by atoms with van der Waals surface area (Å²) < 4.78 is 5.32. The van der Waals surface area contributed by atoms with Crippen molar-refractivity contribution < 1.29 is 9.53 Å². The number of benzene rings is 1. The van der Waals surface area contributed by atoms with Gasteiger partial charge in [-0.05, 0) is 49.6 Å². The van der Waals surface area contributed by atoms with Crippen molar-refractivity contribution in [2.24, 2.45) is 0 Å². The zero-order chi connectivity index (χ0) is 16.2. The van der Waals surface area contributed by atoms with Gasteiger partial charge in [0.05, 0.1) is 0 Å². The van der Waals surface area contributed by atoms with Crippen molar-refractivity contribution in [1.29, 1.82) is 0 Å². The highest BCUT2D eigenvalue weighted by atomic mass is 16.5. The van der Waals surface area contributed by atoms with E-state index in [0.29, 0.717) is 6.42 Å². The van der Waals surface area contributed by atoms with Crippen LogP contribution < -0.4 is 5.32 Å². The molecule has 0 saturated heterocycles. The number of nitrogens with zero attached hydrogens (tertiary/aromatic N) is 1. The lowest BCUT2D eigenvalue weighted by molar-refractivity contribution is -0.136. The monoisotopic (exact) mass is 298 g/mol. The minimum atomic E-state index is -0.810. The van der Waals surface area contributed by atoms with Crippen molar-refractivity contribution in [3.05, 3.63) is 48.3 Å². The first-order valence-corrected chi connectivity index (χ1v) is 7.38. The summed E-state index contributed by atoms with van der Waals surface area (Å²) in [5.41, 5.74) is 3.22. The van der Waals surface area contributed by atoms with Crippen molar-refractivity contribution in [1.82, 2.24) is 4.98 Å². The van der Waals surface area contributed by atoms with Gasteiger partial charge in [0.2, 0.25) is 0 Å². The maximum Gasteiger partial charge on any atom is 0.256 e. The molecule has 4 heteroatoms. The molecule has 0 bridgehead atoms. The second-order valence-corrected chi connectivity index (χ2v) is 5.51. The van der Waals surface area contributed by atoms with Crippen LogP contribution in [0.15, 0.2) is 42.7 Å². The van der Waals surface area contributed by atoms with E-state index in [9.17, 15) is 4.79 Å². The fourth-order valence-corrected chi connectivity index (χ4v) is 2.25. The summed E-state index contributed by atoms with van der Waals surface area (Å²) in [6.07, 6.45) is 4.20. The van der Waals surface area contributed by atoms with Crippen LogP contribution >= 0.6 is 0 Å². The van der Waals surface area contributed by atoms with Crippen molar-refractivity contribution in [3.63, 3.8) is 0 Å². The smallest absolute Gasteiger partial charge is 0.256 e. The Labute approximate surface area is 131 Å². The van der Waals surface area contributed by atoms with Gasteiger partial charge in [0.25, 0.3) is 5.91 Å². The highest BCUT2D eigenvalue weighted by Crippen LogP contribution is 2.26. The molecular formula is C18H22N2O2. The summed E-state index contributed by atoms with van der Waals surface area (Å²) in [5, 5.41) is 2.92. The van der Waals surface area contributed by atoms with E-state index >= 15 is 0 Å². The highest BCUT2D eigenvalue weighted by molar-refractivity contribution is 5.97. The second kappa shape index (κ2) is 6.71. The number of carbonyl (C=O) groups is 1. The van der Waals surface area contributed by atoms with Crippen molar-refractivity contribution in [3.8, 4) is 11.1 Å². The minimum absolute atomic E-state index is 0.133. The molecule has 1 aromatic carbocycles. The van der Waals surface area contributed by atoms with E-state index in [4.69, 9.17) is 4.74 Å². The summed E-state index contributed by atoms with van der Waals surface area (Å²) in [6, 6.07) is 9.80. The predicted molar refractivity (Wildman–Crippen MR) is 88.7 cm³/mol. The lowest BCUT2D eigenvalue weighted by Gasteiger charge is -2.25. The van der Waals surface area contributed by atoms with Crippen LogP contribution in [0.1, 0.15) is 25.8 Å². The lowest BCUT2D eigenvalue weighted by atomic mass is 10.00. The van der Waals surface area contributed by atoms with E-state index in [1.165, 1.54) is 0 Å². The van der Waals surface area contributed by atoms with Crippen LogP contribution in [0.3, 0.4) is 0 Å². The lowest BCUT2D eigenvalue weighted by Crippen LogP contribution is -2.41. The molecule has 22 heavy (non-hydrogen) atoms. The van der Waals surface area contributed by atoms with E-state index in [1.807, 2.05) is 50.4 Å². The van der Waals surface area contributed by atoms with Gasteiger partial charge in [-0.15, -0.1) is 0 Å². The number of hydrogen-bond acceptors (Lipinski definition) is 3. The average molecular weight is 298 g/mol. The van der Waals surface area contributed by atoms with Gasteiger partial charge in [-0.25, -0.2) is 0 Å². The summed E-state index contributed by atoms with van der Waals surface area (Å²) >= 11 is 0. The molecule has 1 atom stereocenters. The summed E-state index contributed by atoms with van der Waals surface area (Å²) in [5.74, 6) is -0.133. The number of aromatic nitrogens is 1. The molecule has 0 aliphatic carbocycles. The first-order valence-electron chi connectivity index (χ1n) is 7.38. The maximum atomic E-state index is 12.3. The van der Waals surface area contributed by atoms with Gasteiger partial charge in [-0.2, -0.15) is 0 Å². The van der Waals surface area contributed by atoms with E-state index in [-0.39, 0.29) is 5.91 Å². The number of amides is 1. The molecule has 0 aliphatic heterocycles. The van der Waals surface area contributed by atoms with Crippen LogP contribution in [0.4, 0.5) is 5.69 Å². The molecule has 0 fully saturated rings. The Balaban J connectivity index is 2.22. The van der Waals surface area contributed by atoms with E-state index in [0.717, 1.165) is 22.4 Å². The third-order valence-electron chi connectivity index (χ3n) is 4.06. The summed E-state index contributed by atoms with van der Waals surface area (Å²) in [7, 11) is 1.56. The van der Waals surface area contributed by atoms with Gasteiger partial charge < -0.3 is 10.1 Å². The van der Waals surface area contributed by atoms with Crippen molar-refractivity contribution in [2.75, 3.05) is 12.4 Å². The van der Waals surface area contributed by atoms with Crippen LogP contribution in [-0.4, -0.2) is 23.6 Å². The normalized spacial score (nSPS) is 13.5. The van der Waals surface area contributed by atoms with E-state index < -0.39 is 5.60 Å². The molecule has 1 heterocycles. The zero-order valence-electron chi connectivity index (χ0n) is 13.5. The fourth-order valence-electron chi connectivity index (χ4n) is 2.25. The zero-order valence-corrected chi connectivity index (χ0v) is 13.5. The predicted octanol–water partition coefficient (Wildman–Crippen LogP) is 3.81. The molecule has 2 aromatic rings. The first kappa shape index (κ1) is 16.2. The van der Waals surface area contributed by atoms with Gasteiger partial charge in [0.15, 0.2) is 0 Å². The largest absolute Gasteiger partial charge is 0.369 e. The van der Waals surface area contributed by atoms with E-state index in [2.05, 4.69) is 10.3 Å². The molecular weight excluding hydrogens is 276 g/mol. The fraction of sp³-hybridized carbons (Fsp3) is 0.333. The molecule has 0 spiro atoms. The number of pyridine rings is 1. The number of methoxy groups -OCH3 is 1. The van der Waals surface area contributed by atoms with E-state index in [1.54, 1.807) is 20.2 Å². The number of rotatable bonds is 5. The molecule has 116 valence electrons. The van der Waals surface area contributed by atoms with Crippen LogP contribution in [0.2, 0.25) is 0 Å². The third kappa shape index (κ3) is 3.34. The standard InChI is InChI=1S/C18H22N2O2/c1-5-18(3,22-4)17(21)20-15-8-9-16(13(2)11-15)14-7-6-10-19-12-14/h6-12H,5H2,1-4H3,(H,20,21). The molecule has 2 rings (SSSR count). The number of anilines is 1. The quantitative estimate of drug-likeness (QED) is 0.913. The van der Waals surface area contributed by atoms with Gasteiger partial charge in [0, 0.05) is 30.8 Å². The first-order chi connectivity index (χ1) is 10.5. The Morgan fingerprint density at radius 2 is 2.14 bits per heavy atom. The number of carbonyl (C=O) groups excluding carboxylic acids is 1. The van der Waals surface area contributed by atoms with Gasteiger partial charge >= 0.3 is 0 Å². The van der Waals surface area contributed by atoms with Crippen molar-refractivity contribution in [2.45, 2.75) is 32.8 Å². The Hall–Kier alpha value is -2.20. The van der Waals surface area contributed by atoms with Crippen LogP contribution in [0.5, 0.6) is 0 Å². The molecule has 0 saturated carbocycles. The number of nitrogens with one attached hydrogen (secondary N) is 1. The number of hydrogen-bond donors (Lipinski definition) is 1. The van der Waals surface area contributed by atoms with Crippen LogP contribution in [0, 0.1) is 6.92 Å². The number of aryl methyl sites for hydroxylation is 1. The Morgan fingerprint density at radius 3 is 2.68 bits per heavy atom. The molecule has 4 nitrogen and oxygen atoms in total. The SMILES string of the molecule is CCC(C)(OC)C(=O)Nc1ccc(-c2cccnc2)c(C)c1. The number of ether oxygens (including phenoxy) is 1. The average Bonchev–Trinajstić information content (AvgIpc) is 2.55. The maximum absolute atomic E-state index is 12.3. The molecule has 0 radical (unpaired) electrons. The molecule has 1 amide bonds. The molecule has 1 aromatic heterocycles. The Bertz CT molecular complexity index is 649. The van der Waals surface area contributed by atoms with Gasteiger partial charge in [-0.1, -0.05) is 19.1 Å². The molecule has 1 N–H and O–H groups in total. The van der Waals surface area contributed by atoms with Gasteiger partial charge in [0.1, 0.15) is 5.60 Å². The third-order valence-corrected chi connectivity index (χ3v) is 4.06. The molecule has 1 unspecified atom stereocenters. The topological polar surface area (TPSA) is 51.2 Å². The minimum Gasteiger partial charge on any atom is -0.369 e. The summed E-state index contributed by atoms with van der Waals surface area (Å²) in [4.78, 5) is 16.5. The highest BCUT2D eigenvalue weighted by Gasteiger charge is 2.30. The van der Waals surface area contributed by atoms with Gasteiger partial charge in [-0.3, -0.25) is 9.78 Å².